The summed E-state index contributed by atoms with van der Waals surface area (Å²) in [7, 11) is 0. The number of rotatable bonds is 4. The Balaban J connectivity index is 1.59. The van der Waals surface area contributed by atoms with Crippen molar-refractivity contribution >= 4 is 46.6 Å². The first-order chi connectivity index (χ1) is 13.4. The van der Waals surface area contributed by atoms with Crippen LogP contribution in [0.25, 0.3) is 0 Å². The van der Waals surface area contributed by atoms with E-state index in [1.807, 2.05) is 24.3 Å². The number of halogens is 2. The first-order valence-corrected chi connectivity index (χ1v) is 9.59. The van der Waals surface area contributed by atoms with E-state index in [4.69, 9.17) is 23.2 Å². The molecule has 0 radical (unpaired) electrons. The lowest BCUT2D eigenvalue weighted by molar-refractivity contribution is -0.126. The molecule has 28 heavy (non-hydrogen) atoms. The van der Waals surface area contributed by atoms with Crippen LogP contribution in [0.4, 0.5) is 5.69 Å². The molecule has 1 aliphatic rings. The zero-order valence-corrected chi connectivity index (χ0v) is 16.7. The lowest BCUT2D eigenvalue weighted by Gasteiger charge is -2.17. The lowest BCUT2D eigenvalue weighted by Crippen LogP contribution is -2.45. The minimum absolute atomic E-state index is 0.0823. The van der Waals surface area contributed by atoms with E-state index in [2.05, 4.69) is 17.8 Å². The number of hydrogen-bond donors (Lipinski definition) is 2. The number of carbonyl (C=O) groups excluding carboxylic acids is 3. The van der Waals surface area contributed by atoms with Gasteiger partial charge in [0.25, 0.3) is 5.91 Å². The molecular formula is C20H19Cl2N3O3. The molecule has 1 atom stereocenters. The normalized spacial score (nSPS) is 16.2. The van der Waals surface area contributed by atoms with Gasteiger partial charge in [0.15, 0.2) is 0 Å². The fraction of sp³-hybridized carbons (Fsp3) is 0.250. The summed E-state index contributed by atoms with van der Waals surface area (Å²) in [6, 6.07) is 12.1. The van der Waals surface area contributed by atoms with Gasteiger partial charge in [-0.15, -0.1) is 0 Å². The van der Waals surface area contributed by atoms with Crippen LogP contribution in [-0.2, 0) is 16.0 Å². The Bertz CT molecular complexity index is 915. The van der Waals surface area contributed by atoms with Crippen molar-refractivity contribution in [2.75, 3.05) is 11.4 Å². The van der Waals surface area contributed by atoms with E-state index in [0.29, 0.717) is 5.02 Å². The van der Waals surface area contributed by atoms with Crippen LogP contribution in [-0.4, -0.2) is 24.3 Å². The molecule has 1 fully saturated rings. The number of anilines is 1. The number of hydrogen-bond acceptors (Lipinski definition) is 3. The maximum atomic E-state index is 12.4. The first-order valence-electron chi connectivity index (χ1n) is 8.83. The summed E-state index contributed by atoms with van der Waals surface area (Å²) in [4.78, 5) is 38.5. The fourth-order valence-corrected chi connectivity index (χ4v) is 3.50. The first kappa shape index (κ1) is 20.2. The average Bonchev–Trinajstić information content (AvgIpc) is 3.07. The lowest BCUT2D eigenvalue weighted by atomic mass is 10.1. The molecule has 0 spiro atoms. The molecule has 0 bridgehead atoms. The fourth-order valence-electron chi connectivity index (χ4n) is 3.01. The molecule has 0 saturated carbocycles. The monoisotopic (exact) mass is 419 g/mol. The molecule has 146 valence electrons. The van der Waals surface area contributed by atoms with E-state index in [1.54, 1.807) is 4.90 Å². The van der Waals surface area contributed by atoms with Crippen LogP contribution < -0.4 is 15.8 Å². The summed E-state index contributed by atoms with van der Waals surface area (Å²) in [6.45, 7) is 2.32. The van der Waals surface area contributed by atoms with E-state index in [0.717, 1.165) is 12.1 Å². The van der Waals surface area contributed by atoms with Crippen molar-refractivity contribution in [3.05, 3.63) is 63.6 Å². The summed E-state index contributed by atoms with van der Waals surface area (Å²) in [6.07, 6.45) is 0.996. The molecule has 8 heteroatoms. The highest BCUT2D eigenvalue weighted by Crippen LogP contribution is 2.25. The van der Waals surface area contributed by atoms with Crippen LogP contribution in [0.1, 0.15) is 29.3 Å². The minimum Gasteiger partial charge on any atom is -0.312 e. The van der Waals surface area contributed by atoms with Gasteiger partial charge in [0.1, 0.15) is 0 Å². The minimum atomic E-state index is -0.564. The van der Waals surface area contributed by atoms with E-state index >= 15 is 0 Å². The highest BCUT2D eigenvalue weighted by molar-refractivity contribution is 6.36. The average molecular weight is 420 g/mol. The number of aryl methyl sites for hydroxylation is 1. The van der Waals surface area contributed by atoms with E-state index in [-0.39, 0.29) is 29.5 Å². The Labute approximate surface area is 172 Å². The third-order valence-corrected chi connectivity index (χ3v) is 5.17. The molecule has 2 aromatic rings. The van der Waals surface area contributed by atoms with Gasteiger partial charge in [0, 0.05) is 23.7 Å². The second-order valence-corrected chi connectivity index (χ2v) is 7.34. The summed E-state index contributed by atoms with van der Waals surface area (Å²) in [5.41, 5.74) is 6.81. The van der Waals surface area contributed by atoms with Gasteiger partial charge >= 0.3 is 0 Å². The second-order valence-electron chi connectivity index (χ2n) is 6.49. The van der Waals surface area contributed by atoms with E-state index in [9.17, 15) is 14.4 Å². The molecule has 0 aromatic heterocycles. The third-order valence-electron chi connectivity index (χ3n) is 4.63. The molecule has 1 saturated heterocycles. The number of nitrogens with zero attached hydrogens (tertiary/aromatic N) is 1. The van der Waals surface area contributed by atoms with Crippen molar-refractivity contribution in [1.29, 1.82) is 0 Å². The number of benzene rings is 2. The Morgan fingerprint density at radius 2 is 1.82 bits per heavy atom. The van der Waals surface area contributed by atoms with Gasteiger partial charge in [-0.05, 0) is 42.3 Å². The second kappa shape index (κ2) is 8.63. The van der Waals surface area contributed by atoms with E-state index < -0.39 is 17.7 Å². The number of hydrazine groups is 1. The predicted octanol–water partition coefficient (Wildman–Crippen LogP) is 3.37. The SMILES string of the molecule is CCc1ccc(N2C[C@@H](C(=O)NNC(=O)c3ccc(Cl)cc3Cl)CC2=O)cc1. The molecule has 3 amide bonds. The standard InChI is InChI=1S/C20H19Cl2N3O3/c1-2-12-3-6-15(7-4-12)25-11-13(9-18(25)26)19(27)23-24-20(28)16-8-5-14(21)10-17(16)22/h3-8,10,13H,2,9,11H2,1H3,(H,23,27)(H,24,28)/t13-/m0/s1. The smallest absolute Gasteiger partial charge is 0.271 e. The van der Waals surface area contributed by atoms with Crippen molar-refractivity contribution in [2.45, 2.75) is 19.8 Å². The van der Waals surface area contributed by atoms with Crippen LogP contribution in [0.3, 0.4) is 0 Å². The summed E-state index contributed by atoms with van der Waals surface area (Å²) >= 11 is 11.8. The van der Waals surface area contributed by atoms with Crippen molar-refractivity contribution in [3.8, 4) is 0 Å². The van der Waals surface area contributed by atoms with Gasteiger partial charge in [0.2, 0.25) is 11.8 Å². The van der Waals surface area contributed by atoms with Crippen molar-refractivity contribution in [3.63, 3.8) is 0 Å². The van der Waals surface area contributed by atoms with Crippen LogP contribution in [0.5, 0.6) is 0 Å². The Morgan fingerprint density at radius 3 is 2.46 bits per heavy atom. The van der Waals surface area contributed by atoms with Crippen LogP contribution in [0.15, 0.2) is 42.5 Å². The van der Waals surface area contributed by atoms with Gasteiger partial charge in [-0.3, -0.25) is 25.2 Å². The molecular weight excluding hydrogens is 401 g/mol. The van der Waals surface area contributed by atoms with Crippen LogP contribution in [0.2, 0.25) is 10.0 Å². The van der Waals surface area contributed by atoms with Gasteiger partial charge in [-0.1, -0.05) is 42.3 Å². The van der Waals surface area contributed by atoms with Crippen molar-refractivity contribution in [1.82, 2.24) is 10.9 Å². The van der Waals surface area contributed by atoms with Crippen LogP contribution in [0, 0.1) is 5.92 Å². The number of carbonyl (C=O) groups is 3. The summed E-state index contributed by atoms with van der Waals surface area (Å²) in [5, 5.41) is 0.583. The molecule has 3 rings (SSSR count). The molecule has 1 aliphatic heterocycles. The predicted molar refractivity (Wildman–Crippen MR) is 108 cm³/mol. The zero-order chi connectivity index (χ0) is 20.3. The Kier molecular flexibility index (Phi) is 6.21. The quantitative estimate of drug-likeness (QED) is 0.745. The summed E-state index contributed by atoms with van der Waals surface area (Å²) in [5.74, 6) is -1.68. The molecule has 2 N–H and O–H groups in total. The van der Waals surface area contributed by atoms with Crippen LogP contribution >= 0.6 is 23.2 Å². The largest absolute Gasteiger partial charge is 0.312 e. The number of amides is 3. The molecule has 0 unspecified atom stereocenters. The van der Waals surface area contributed by atoms with Crippen molar-refractivity contribution in [2.24, 2.45) is 5.92 Å². The topological polar surface area (TPSA) is 78.5 Å². The molecule has 2 aromatic carbocycles. The van der Waals surface area contributed by atoms with Gasteiger partial charge in [-0.25, -0.2) is 0 Å². The Hall–Kier alpha value is -2.57. The highest BCUT2D eigenvalue weighted by Gasteiger charge is 2.35. The third kappa shape index (κ3) is 4.46. The highest BCUT2D eigenvalue weighted by atomic mass is 35.5. The molecule has 1 heterocycles. The van der Waals surface area contributed by atoms with Gasteiger partial charge < -0.3 is 4.90 Å². The van der Waals surface area contributed by atoms with Gasteiger partial charge in [-0.2, -0.15) is 0 Å². The maximum absolute atomic E-state index is 12.4. The number of nitrogens with one attached hydrogen (secondary N) is 2. The maximum Gasteiger partial charge on any atom is 0.271 e. The molecule has 0 aliphatic carbocycles. The molecule has 6 nitrogen and oxygen atoms in total. The van der Waals surface area contributed by atoms with Crippen molar-refractivity contribution < 1.29 is 14.4 Å². The summed E-state index contributed by atoms with van der Waals surface area (Å²) < 4.78 is 0. The zero-order valence-electron chi connectivity index (χ0n) is 15.2. The van der Waals surface area contributed by atoms with Gasteiger partial charge in [0.05, 0.1) is 16.5 Å². The van der Waals surface area contributed by atoms with E-state index in [1.165, 1.54) is 23.8 Å². The Morgan fingerprint density at radius 1 is 1.11 bits per heavy atom.